The van der Waals surface area contributed by atoms with Crippen molar-refractivity contribution in [3.05, 3.63) is 23.8 Å². The van der Waals surface area contributed by atoms with Crippen LogP contribution in [0.5, 0.6) is 0 Å². The van der Waals surface area contributed by atoms with E-state index in [4.69, 9.17) is 15.7 Å². The highest BCUT2D eigenvalue weighted by molar-refractivity contribution is 5.62. The molecule has 1 aliphatic rings. The second-order valence-corrected chi connectivity index (χ2v) is 4.65. The molecule has 102 valence electrons. The predicted octanol–water partition coefficient (Wildman–Crippen LogP) is 1.27. The predicted molar refractivity (Wildman–Crippen MR) is 75.9 cm³/mol. The van der Waals surface area contributed by atoms with Crippen molar-refractivity contribution in [1.82, 2.24) is 4.90 Å². The summed E-state index contributed by atoms with van der Waals surface area (Å²) in [6, 6.07) is 7.53. The van der Waals surface area contributed by atoms with Crippen molar-refractivity contribution in [1.29, 1.82) is 5.26 Å². The molecule has 0 spiro atoms. The van der Waals surface area contributed by atoms with Gasteiger partial charge in [-0.25, -0.2) is 0 Å². The van der Waals surface area contributed by atoms with Crippen molar-refractivity contribution >= 4 is 11.4 Å². The average molecular weight is 260 g/mol. The summed E-state index contributed by atoms with van der Waals surface area (Å²) in [5.41, 5.74) is 7.74. The van der Waals surface area contributed by atoms with Gasteiger partial charge in [-0.15, -0.1) is 0 Å². The van der Waals surface area contributed by atoms with Crippen LogP contribution in [0, 0.1) is 11.3 Å². The Morgan fingerprint density at radius 3 is 2.89 bits per heavy atom. The second kappa shape index (κ2) is 6.98. The van der Waals surface area contributed by atoms with Gasteiger partial charge in [-0.3, -0.25) is 4.90 Å². The molecule has 1 saturated heterocycles. The number of nitriles is 1. The van der Waals surface area contributed by atoms with Gasteiger partial charge in [-0.1, -0.05) is 0 Å². The molecule has 5 nitrogen and oxygen atoms in total. The molecule has 3 N–H and O–H groups in total. The van der Waals surface area contributed by atoms with Crippen molar-refractivity contribution in [3.63, 3.8) is 0 Å². The summed E-state index contributed by atoms with van der Waals surface area (Å²) in [6.45, 7) is 5.63. The summed E-state index contributed by atoms with van der Waals surface area (Å²) in [7, 11) is 0. The summed E-state index contributed by atoms with van der Waals surface area (Å²) in [6.07, 6.45) is 1.05. The van der Waals surface area contributed by atoms with E-state index in [0.29, 0.717) is 11.3 Å². The molecular formula is C14H20N4O. The number of nitrogens with zero attached hydrogens (tertiary/aromatic N) is 2. The van der Waals surface area contributed by atoms with Crippen LogP contribution in [0.4, 0.5) is 11.4 Å². The molecule has 0 unspecified atom stereocenters. The zero-order valence-electron chi connectivity index (χ0n) is 11.1. The average Bonchev–Trinajstić information content (AvgIpc) is 2.46. The van der Waals surface area contributed by atoms with Crippen LogP contribution in [-0.2, 0) is 4.74 Å². The van der Waals surface area contributed by atoms with E-state index < -0.39 is 0 Å². The molecule has 1 heterocycles. The van der Waals surface area contributed by atoms with E-state index in [1.807, 2.05) is 12.1 Å². The quantitative estimate of drug-likeness (QED) is 0.616. The lowest BCUT2D eigenvalue weighted by Gasteiger charge is -2.26. The summed E-state index contributed by atoms with van der Waals surface area (Å²) >= 11 is 0. The van der Waals surface area contributed by atoms with E-state index in [2.05, 4.69) is 16.3 Å². The van der Waals surface area contributed by atoms with Crippen molar-refractivity contribution < 1.29 is 4.74 Å². The van der Waals surface area contributed by atoms with Crippen LogP contribution in [0.2, 0.25) is 0 Å². The molecule has 0 amide bonds. The van der Waals surface area contributed by atoms with Crippen LogP contribution in [-0.4, -0.2) is 44.3 Å². The molecule has 19 heavy (non-hydrogen) atoms. The van der Waals surface area contributed by atoms with Crippen molar-refractivity contribution in [2.45, 2.75) is 6.42 Å². The summed E-state index contributed by atoms with van der Waals surface area (Å²) < 4.78 is 5.31. The highest BCUT2D eigenvalue weighted by atomic mass is 16.5. The van der Waals surface area contributed by atoms with E-state index in [9.17, 15) is 0 Å². The Morgan fingerprint density at radius 2 is 2.16 bits per heavy atom. The number of anilines is 2. The van der Waals surface area contributed by atoms with Gasteiger partial charge >= 0.3 is 0 Å². The van der Waals surface area contributed by atoms with E-state index in [-0.39, 0.29) is 0 Å². The minimum Gasteiger partial charge on any atom is -0.399 e. The fourth-order valence-electron chi connectivity index (χ4n) is 2.16. The Morgan fingerprint density at radius 1 is 1.37 bits per heavy atom. The Labute approximate surface area is 114 Å². The number of ether oxygens (including phenoxy) is 1. The molecule has 1 aliphatic heterocycles. The highest BCUT2D eigenvalue weighted by Crippen LogP contribution is 2.17. The summed E-state index contributed by atoms with van der Waals surface area (Å²) in [4.78, 5) is 2.40. The van der Waals surface area contributed by atoms with Crippen LogP contribution in [0.1, 0.15) is 12.0 Å². The largest absolute Gasteiger partial charge is 0.399 e. The van der Waals surface area contributed by atoms with Crippen LogP contribution in [0.3, 0.4) is 0 Å². The maximum absolute atomic E-state index is 9.04. The molecule has 0 atom stereocenters. The van der Waals surface area contributed by atoms with Crippen LogP contribution in [0.15, 0.2) is 18.2 Å². The zero-order valence-corrected chi connectivity index (χ0v) is 11.1. The smallest absolute Gasteiger partial charge is 0.101 e. The molecule has 0 radical (unpaired) electrons. The van der Waals surface area contributed by atoms with E-state index in [1.54, 1.807) is 6.07 Å². The van der Waals surface area contributed by atoms with Gasteiger partial charge in [0.2, 0.25) is 0 Å². The van der Waals surface area contributed by atoms with Crippen molar-refractivity contribution in [2.75, 3.05) is 50.4 Å². The maximum atomic E-state index is 9.04. The number of nitrogen functional groups attached to an aromatic ring is 1. The first kappa shape index (κ1) is 13.7. The number of rotatable bonds is 5. The molecule has 0 aliphatic carbocycles. The number of hydrogen-bond acceptors (Lipinski definition) is 5. The van der Waals surface area contributed by atoms with Crippen molar-refractivity contribution in [2.24, 2.45) is 0 Å². The van der Waals surface area contributed by atoms with Gasteiger partial charge in [-0.05, 0) is 31.2 Å². The van der Waals surface area contributed by atoms with Crippen LogP contribution < -0.4 is 11.1 Å². The van der Waals surface area contributed by atoms with Gasteiger partial charge in [0, 0.05) is 25.3 Å². The molecule has 1 fully saturated rings. The molecule has 2 rings (SSSR count). The topological polar surface area (TPSA) is 74.3 Å². The summed E-state index contributed by atoms with van der Waals surface area (Å²) in [5.74, 6) is 0. The first-order chi connectivity index (χ1) is 9.29. The Hall–Kier alpha value is -1.77. The third-order valence-electron chi connectivity index (χ3n) is 3.23. The fourth-order valence-corrected chi connectivity index (χ4v) is 2.16. The van der Waals surface area contributed by atoms with E-state index in [1.165, 1.54) is 0 Å². The molecule has 5 heteroatoms. The lowest BCUT2D eigenvalue weighted by atomic mass is 10.1. The first-order valence-electron chi connectivity index (χ1n) is 6.63. The number of nitrogens with two attached hydrogens (primary N) is 1. The van der Waals surface area contributed by atoms with E-state index >= 15 is 0 Å². The van der Waals surface area contributed by atoms with Gasteiger partial charge in [0.1, 0.15) is 6.07 Å². The Balaban J connectivity index is 1.75. The lowest BCUT2D eigenvalue weighted by Crippen LogP contribution is -2.37. The third kappa shape index (κ3) is 4.12. The van der Waals surface area contributed by atoms with Gasteiger partial charge in [0.05, 0.1) is 24.5 Å². The minimum absolute atomic E-state index is 0.603. The molecule has 0 aromatic heterocycles. The molecule has 1 aromatic carbocycles. The zero-order chi connectivity index (χ0) is 13.5. The number of hydrogen-bond donors (Lipinski definition) is 2. The van der Waals surface area contributed by atoms with Gasteiger partial charge in [0.25, 0.3) is 0 Å². The maximum Gasteiger partial charge on any atom is 0.101 e. The Bertz CT molecular complexity index is 449. The minimum atomic E-state index is 0.603. The number of morpholine rings is 1. The molecule has 0 saturated carbocycles. The van der Waals surface area contributed by atoms with Gasteiger partial charge in [-0.2, -0.15) is 5.26 Å². The lowest BCUT2D eigenvalue weighted by molar-refractivity contribution is 0.0378. The Kier molecular flexibility index (Phi) is 5.01. The normalized spacial score (nSPS) is 15.9. The number of nitrogens with one attached hydrogen (secondary N) is 1. The van der Waals surface area contributed by atoms with Crippen LogP contribution >= 0.6 is 0 Å². The first-order valence-corrected chi connectivity index (χ1v) is 6.63. The molecular weight excluding hydrogens is 240 g/mol. The fraction of sp³-hybridized carbons (Fsp3) is 0.500. The van der Waals surface area contributed by atoms with Gasteiger partial charge in [0.15, 0.2) is 0 Å². The van der Waals surface area contributed by atoms with E-state index in [0.717, 1.165) is 51.5 Å². The van der Waals surface area contributed by atoms with Crippen LogP contribution in [0.25, 0.3) is 0 Å². The number of benzene rings is 1. The monoisotopic (exact) mass is 260 g/mol. The second-order valence-electron chi connectivity index (χ2n) is 4.65. The highest BCUT2D eigenvalue weighted by Gasteiger charge is 2.09. The van der Waals surface area contributed by atoms with Crippen molar-refractivity contribution in [3.8, 4) is 6.07 Å². The standard InChI is InChI=1S/C14H20N4O/c15-11-12-10-13(16)2-3-14(12)17-4-1-5-18-6-8-19-9-7-18/h2-3,10,17H,1,4-9,16H2. The molecule has 1 aromatic rings. The van der Waals surface area contributed by atoms with Gasteiger partial charge < -0.3 is 15.8 Å². The summed E-state index contributed by atoms with van der Waals surface area (Å²) in [5, 5.41) is 12.3. The third-order valence-corrected chi connectivity index (χ3v) is 3.23. The molecule has 0 bridgehead atoms. The SMILES string of the molecule is N#Cc1cc(N)ccc1NCCCN1CCOCC1.